The third-order valence-corrected chi connectivity index (χ3v) is 3.58. The molecule has 2 aromatic rings. The minimum atomic E-state index is -0.347. The Labute approximate surface area is 125 Å². The Hall–Kier alpha value is -2.34. The second-order valence-corrected chi connectivity index (χ2v) is 5.14. The summed E-state index contributed by atoms with van der Waals surface area (Å²) in [6.07, 6.45) is 1.97. The van der Waals surface area contributed by atoms with E-state index >= 15 is 0 Å². The Balaban J connectivity index is 2.34. The maximum atomic E-state index is 13.9. The van der Waals surface area contributed by atoms with Crippen LogP contribution in [-0.4, -0.2) is 0 Å². The first-order chi connectivity index (χ1) is 10.2. The zero-order chi connectivity index (χ0) is 15.2. The van der Waals surface area contributed by atoms with Crippen molar-refractivity contribution in [2.24, 2.45) is 0 Å². The monoisotopic (exact) mass is 282 g/mol. The van der Waals surface area contributed by atoms with Crippen molar-refractivity contribution in [2.75, 3.05) is 5.32 Å². The molecule has 0 saturated carbocycles. The standard InChI is InChI=1S/C18H19FN2/c1-3-7-17(15-8-5-4-6-9-15)21-18-11-14(12-20)10-16(19)13(18)2/h4-6,8-11,17,21H,3,7H2,1-2H3. The van der Waals surface area contributed by atoms with Crippen molar-refractivity contribution in [3.05, 3.63) is 65.0 Å². The van der Waals surface area contributed by atoms with Gasteiger partial charge in [-0.2, -0.15) is 5.26 Å². The minimum Gasteiger partial charge on any atom is -0.378 e. The van der Waals surface area contributed by atoms with E-state index in [9.17, 15) is 4.39 Å². The summed E-state index contributed by atoms with van der Waals surface area (Å²) in [5.41, 5.74) is 2.74. The third kappa shape index (κ3) is 3.61. The molecule has 0 aliphatic rings. The van der Waals surface area contributed by atoms with Gasteiger partial charge in [0, 0.05) is 11.3 Å². The van der Waals surface area contributed by atoms with Crippen molar-refractivity contribution in [1.29, 1.82) is 5.26 Å². The number of hydrogen-bond donors (Lipinski definition) is 1. The fraction of sp³-hybridized carbons (Fsp3) is 0.278. The molecule has 0 aliphatic heterocycles. The third-order valence-electron chi connectivity index (χ3n) is 3.58. The van der Waals surface area contributed by atoms with Gasteiger partial charge >= 0.3 is 0 Å². The largest absolute Gasteiger partial charge is 0.378 e. The predicted molar refractivity (Wildman–Crippen MR) is 83.6 cm³/mol. The van der Waals surface area contributed by atoms with Gasteiger partial charge in [-0.05, 0) is 31.0 Å². The topological polar surface area (TPSA) is 35.8 Å². The quantitative estimate of drug-likeness (QED) is 0.841. The molecule has 0 aliphatic carbocycles. The minimum absolute atomic E-state index is 0.114. The number of anilines is 1. The molecule has 3 heteroatoms. The van der Waals surface area contributed by atoms with E-state index in [0.717, 1.165) is 12.8 Å². The number of benzene rings is 2. The van der Waals surface area contributed by atoms with E-state index in [1.54, 1.807) is 13.0 Å². The second-order valence-electron chi connectivity index (χ2n) is 5.14. The van der Waals surface area contributed by atoms with Gasteiger partial charge in [0.2, 0.25) is 0 Å². The Bertz CT molecular complexity index is 644. The summed E-state index contributed by atoms with van der Waals surface area (Å²) in [5, 5.41) is 12.4. The average molecular weight is 282 g/mol. The van der Waals surface area contributed by atoms with Gasteiger partial charge in [0.15, 0.2) is 0 Å². The number of nitriles is 1. The summed E-state index contributed by atoms with van der Waals surface area (Å²) < 4.78 is 13.9. The summed E-state index contributed by atoms with van der Waals surface area (Å²) in [6.45, 7) is 3.85. The first-order valence-electron chi connectivity index (χ1n) is 7.17. The van der Waals surface area contributed by atoms with Crippen molar-refractivity contribution >= 4 is 5.69 Å². The molecule has 0 aromatic heterocycles. The van der Waals surface area contributed by atoms with E-state index in [1.807, 2.05) is 24.3 Å². The molecule has 1 unspecified atom stereocenters. The zero-order valence-corrected chi connectivity index (χ0v) is 12.4. The van der Waals surface area contributed by atoms with Gasteiger partial charge in [-0.25, -0.2) is 4.39 Å². The molecule has 1 N–H and O–H groups in total. The molecule has 0 radical (unpaired) electrons. The SMILES string of the molecule is CCCC(Nc1cc(C#N)cc(F)c1C)c1ccccc1. The molecule has 2 aromatic carbocycles. The summed E-state index contributed by atoms with van der Waals surface area (Å²) in [7, 11) is 0. The molecule has 2 nitrogen and oxygen atoms in total. The van der Waals surface area contributed by atoms with Crippen LogP contribution in [0.5, 0.6) is 0 Å². The number of hydrogen-bond acceptors (Lipinski definition) is 2. The maximum Gasteiger partial charge on any atom is 0.129 e. The fourth-order valence-electron chi connectivity index (χ4n) is 2.38. The van der Waals surface area contributed by atoms with E-state index in [2.05, 4.69) is 24.4 Å². The molecule has 0 heterocycles. The average Bonchev–Trinajstić information content (AvgIpc) is 2.51. The maximum absolute atomic E-state index is 13.9. The Morgan fingerprint density at radius 2 is 1.95 bits per heavy atom. The summed E-state index contributed by atoms with van der Waals surface area (Å²) in [6, 6.07) is 15.2. The van der Waals surface area contributed by atoms with Crippen LogP contribution in [0.25, 0.3) is 0 Å². The summed E-state index contributed by atoms with van der Waals surface area (Å²) >= 11 is 0. The number of nitrogens with one attached hydrogen (secondary N) is 1. The number of rotatable bonds is 5. The highest BCUT2D eigenvalue weighted by atomic mass is 19.1. The molecule has 0 fully saturated rings. The van der Waals surface area contributed by atoms with Crippen LogP contribution >= 0.6 is 0 Å². The van der Waals surface area contributed by atoms with Gasteiger partial charge < -0.3 is 5.32 Å². The molecule has 0 spiro atoms. The van der Waals surface area contributed by atoms with Crippen molar-refractivity contribution < 1.29 is 4.39 Å². The normalized spacial score (nSPS) is 11.7. The van der Waals surface area contributed by atoms with Gasteiger partial charge in [-0.1, -0.05) is 43.7 Å². The zero-order valence-electron chi connectivity index (χ0n) is 12.4. The van der Waals surface area contributed by atoms with Gasteiger partial charge in [0.05, 0.1) is 17.7 Å². The van der Waals surface area contributed by atoms with Crippen LogP contribution in [-0.2, 0) is 0 Å². The molecule has 1 atom stereocenters. The van der Waals surface area contributed by atoms with Crippen LogP contribution in [0.15, 0.2) is 42.5 Å². The lowest BCUT2D eigenvalue weighted by atomic mass is 10.0. The molecular weight excluding hydrogens is 263 g/mol. The Morgan fingerprint density at radius 1 is 1.24 bits per heavy atom. The van der Waals surface area contributed by atoms with Crippen LogP contribution in [0.4, 0.5) is 10.1 Å². The van der Waals surface area contributed by atoms with Crippen molar-refractivity contribution in [3.8, 4) is 6.07 Å². The van der Waals surface area contributed by atoms with Crippen molar-refractivity contribution in [3.63, 3.8) is 0 Å². The summed E-state index contributed by atoms with van der Waals surface area (Å²) in [5.74, 6) is -0.347. The van der Waals surface area contributed by atoms with Gasteiger partial charge in [-0.3, -0.25) is 0 Å². The molecular formula is C18H19FN2. The highest BCUT2D eigenvalue weighted by molar-refractivity contribution is 5.57. The first kappa shape index (κ1) is 15.1. The second kappa shape index (κ2) is 6.90. The van der Waals surface area contributed by atoms with E-state index in [4.69, 9.17) is 5.26 Å². The predicted octanol–water partition coefficient (Wildman–Crippen LogP) is 4.96. The fourth-order valence-corrected chi connectivity index (χ4v) is 2.38. The molecule has 0 bridgehead atoms. The van der Waals surface area contributed by atoms with E-state index < -0.39 is 0 Å². The smallest absolute Gasteiger partial charge is 0.129 e. The Kier molecular flexibility index (Phi) is 4.94. The lowest BCUT2D eigenvalue weighted by molar-refractivity contribution is 0.616. The molecule has 2 rings (SSSR count). The first-order valence-corrected chi connectivity index (χ1v) is 7.17. The highest BCUT2D eigenvalue weighted by Gasteiger charge is 2.14. The van der Waals surface area contributed by atoms with Crippen molar-refractivity contribution in [2.45, 2.75) is 32.7 Å². The highest BCUT2D eigenvalue weighted by Crippen LogP contribution is 2.28. The van der Waals surface area contributed by atoms with Crippen LogP contribution in [0, 0.1) is 24.1 Å². The van der Waals surface area contributed by atoms with E-state index in [0.29, 0.717) is 16.8 Å². The van der Waals surface area contributed by atoms with Crippen LogP contribution in [0.3, 0.4) is 0 Å². The van der Waals surface area contributed by atoms with Crippen molar-refractivity contribution in [1.82, 2.24) is 0 Å². The summed E-state index contributed by atoms with van der Waals surface area (Å²) in [4.78, 5) is 0. The van der Waals surface area contributed by atoms with Crippen LogP contribution < -0.4 is 5.32 Å². The van der Waals surface area contributed by atoms with Gasteiger partial charge in [-0.15, -0.1) is 0 Å². The van der Waals surface area contributed by atoms with Gasteiger partial charge in [0.1, 0.15) is 5.82 Å². The molecule has 108 valence electrons. The lowest BCUT2D eigenvalue weighted by Gasteiger charge is -2.21. The molecule has 0 saturated heterocycles. The molecule has 0 amide bonds. The molecule has 21 heavy (non-hydrogen) atoms. The Morgan fingerprint density at radius 3 is 2.57 bits per heavy atom. The van der Waals surface area contributed by atoms with Gasteiger partial charge in [0.25, 0.3) is 0 Å². The lowest BCUT2D eigenvalue weighted by Crippen LogP contribution is -2.12. The number of nitrogens with zero attached hydrogens (tertiary/aromatic N) is 1. The van der Waals surface area contributed by atoms with Crippen LogP contribution in [0.2, 0.25) is 0 Å². The van der Waals surface area contributed by atoms with E-state index in [-0.39, 0.29) is 11.9 Å². The van der Waals surface area contributed by atoms with E-state index in [1.165, 1.54) is 11.6 Å². The van der Waals surface area contributed by atoms with Crippen LogP contribution in [0.1, 0.15) is 42.5 Å². The number of halogens is 1.